The molecule has 3 N–H and O–H groups in total. The molecule has 0 aromatic carbocycles. The summed E-state index contributed by atoms with van der Waals surface area (Å²) in [5.74, 6) is 0.606. The van der Waals surface area contributed by atoms with Gasteiger partial charge in [0.05, 0.1) is 0 Å². The van der Waals surface area contributed by atoms with Gasteiger partial charge in [-0.3, -0.25) is 0 Å². The Kier molecular flexibility index (Phi) is 6.57. The van der Waals surface area contributed by atoms with Crippen LogP contribution in [0.3, 0.4) is 0 Å². The summed E-state index contributed by atoms with van der Waals surface area (Å²) in [4.78, 5) is 0. The van der Waals surface area contributed by atoms with Gasteiger partial charge < -0.3 is 11.1 Å². The van der Waals surface area contributed by atoms with Crippen molar-refractivity contribution in [3.63, 3.8) is 0 Å². The van der Waals surface area contributed by atoms with Gasteiger partial charge in [-0.2, -0.15) is 0 Å². The average molecular weight is 158 g/mol. The zero-order valence-corrected chi connectivity index (χ0v) is 8.06. The molecule has 0 fully saturated rings. The van der Waals surface area contributed by atoms with E-state index in [0.717, 1.165) is 13.1 Å². The lowest BCUT2D eigenvalue weighted by atomic mass is 10.1. The maximum absolute atomic E-state index is 5.49. The molecule has 0 radical (unpaired) electrons. The van der Waals surface area contributed by atoms with E-state index in [1.807, 2.05) is 0 Å². The second-order valence-corrected chi connectivity index (χ2v) is 3.44. The van der Waals surface area contributed by atoms with Gasteiger partial charge in [-0.05, 0) is 32.4 Å². The lowest BCUT2D eigenvalue weighted by Crippen LogP contribution is -2.32. The molecule has 11 heavy (non-hydrogen) atoms. The minimum atomic E-state index is 0.606. The fourth-order valence-corrected chi connectivity index (χ4v) is 1.02. The maximum Gasteiger partial charge on any atom is 0.00387 e. The zero-order chi connectivity index (χ0) is 8.69. The van der Waals surface area contributed by atoms with E-state index in [1.54, 1.807) is 0 Å². The van der Waals surface area contributed by atoms with Crippen molar-refractivity contribution in [2.24, 2.45) is 11.7 Å². The van der Waals surface area contributed by atoms with E-state index < -0.39 is 0 Å². The fourth-order valence-electron chi connectivity index (χ4n) is 1.02. The van der Waals surface area contributed by atoms with Gasteiger partial charge in [0.1, 0.15) is 0 Å². The van der Waals surface area contributed by atoms with E-state index >= 15 is 0 Å². The molecule has 0 saturated carbocycles. The van der Waals surface area contributed by atoms with Gasteiger partial charge >= 0.3 is 0 Å². The van der Waals surface area contributed by atoms with Gasteiger partial charge in [0.15, 0.2) is 0 Å². The summed E-state index contributed by atoms with van der Waals surface area (Å²) >= 11 is 0. The minimum absolute atomic E-state index is 0.606. The zero-order valence-electron chi connectivity index (χ0n) is 8.06. The van der Waals surface area contributed by atoms with E-state index in [0.29, 0.717) is 12.0 Å². The summed E-state index contributed by atoms with van der Waals surface area (Å²) in [6.45, 7) is 8.45. The highest BCUT2D eigenvalue weighted by Gasteiger charge is 2.02. The van der Waals surface area contributed by atoms with Gasteiger partial charge in [0, 0.05) is 6.04 Å². The lowest BCUT2D eigenvalue weighted by molar-refractivity contribution is 0.448. The van der Waals surface area contributed by atoms with Crippen LogP contribution in [0.25, 0.3) is 0 Å². The number of hydrogen-bond acceptors (Lipinski definition) is 2. The third-order valence-corrected chi connectivity index (χ3v) is 1.94. The lowest BCUT2D eigenvalue weighted by Gasteiger charge is -2.15. The quantitative estimate of drug-likeness (QED) is 0.612. The van der Waals surface area contributed by atoms with Gasteiger partial charge in [-0.1, -0.05) is 20.3 Å². The Bertz CT molecular complexity index is 83.6. The standard InChI is InChI=1S/C9H22N2/c1-4-5-9(3)11-7-8(2)6-10/h8-9,11H,4-7,10H2,1-3H3. The van der Waals surface area contributed by atoms with Crippen LogP contribution in [-0.2, 0) is 0 Å². The molecule has 0 aliphatic heterocycles. The third-order valence-electron chi connectivity index (χ3n) is 1.94. The molecule has 0 saturated heterocycles. The van der Waals surface area contributed by atoms with Crippen LogP contribution < -0.4 is 11.1 Å². The highest BCUT2D eigenvalue weighted by atomic mass is 14.9. The van der Waals surface area contributed by atoms with Gasteiger partial charge in [0.2, 0.25) is 0 Å². The molecule has 0 amide bonds. The summed E-state index contributed by atoms with van der Waals surface area (Å²) in [7, 11) is 0. The molecule has 0 aromatic rings. The molecule has 0 rings (SSSR count). The van der Waals surface area contributed by atoms with Crippen LogP contribution in [0.15, 0.2) is 0 Å². The van der Waals surface area contributed by atoms with Crippen molar-refractivity contribution in [2.75, 3.05) is 13.1 Å². The topological polar surface area (TPSA) is 38.0 Å². The second kappa shape index (κ2) is 6.62. The number of nitrogens with two attached hydrogens (primary N) is 1. The largest absolute Gasteiger partial charge is 0.330 e. The normalized spacial score (nSPS) is 16.4. The van der Waals surface area contributed by atoms with E-state index in [1.165, 1.54) is 12.8 Å². The molecule has 0 bridgehead atoms. The molecule has 2 unspecified atom stereocenters. The van der Waals surface area contributed by atoms with Crippen molar-refractivity contribution in [3.8, 4) is 0 Å². The van der Waals surface area contributed by atoms with Crippen molar-refractivity contribution < 1.29 is 0 Å². The second-order valence-electron chi connectivity index (χ2n) is 3.44. The first-order chi connectivity index (χ1) is 5.20. The number of rotatable bonds is 6. The first-order valence-corrected chi connectivity index (χ1v) is 4.64. The molecule has 2 heteroatoms. The Morgan fingerprint density at radius 3 is 2.45 bits per heavy atom. The van der Waals surface area contributed by atoms with Gasteiger partial charge in [-0.15, -0.1) is 0 Å². The summed E-state index contributed by atoms with van der Waals surface area (Å²) in [5, 5.41) is 3.45. The first kappa shape index (κ1) is 10.9. The van der Waals surface area contributed by atoms with Crippen molar-refractivity contribution in [1.29, 1.82) is 0 Å². The van der Waals surface area contributed by atoms with E-state index in [-0.39, 0.29) is 0 Å². The molecule has 0 aliphatic carbocycles. The van der Waals surface area contributed by atoms with E-state index in [4.69, 9.17) is 5.73 Å². The summed E-state index contributed by atoms with van der Waals surface area (Å²) in [5.41, 5.74) is 5.49. The molecular formula is C9H22N2. The van der Waals surface area contributed by atoms with Crippen molar-refractivity contribution in [2.45, 2.75) is 39.7 Å². The average Bonchev–Trinajstić information content (AvgIpc) is 2.01. The predicted octanol–water partition coefficient (Wildman–Crippen LogP) is 1.36. The van der Waals surface area contributed by atoms with Crippen molar-refractivity contribution >= 4 is 0 Å². The van der Waals surface area contributed by atoms with Crippen LogP contribution in [0.2, 0.25) is 0 Å². The highest BCUT2D eigenvalue weighted by molar-refractivity contribution is 4.63. The molecule has 0 heterocycles. The van der Waals surface area contributed by atoms with Crippen LogP contribution in [0.5, 0.6) is 0 Å². The number of hydrogen-bond donors (Lipinski definition) is 2. The molecule has 2 nitrogen and oxygen atoms in total. The molecule has 0 spiro atoms. The maximum atomic E-state index is 5.49. The number of nitrogens with one attached hydrogen (secondary N) is 1. The summed E-state index contributed by atoms with van der Waals surface area (Å²) < 4.78 is 0. The van der Waals surface area contributed by atoms with Crippen LogP contribution in [0.1, 0.15) is 33.6 Å². The Labute approximate surface area is 70.5 Å². The van der Waals surface area contributed by atoms with Crippen molar-refractivity contribution in [3.05, 3.63) is 0 Å². The minimum Gasteiger partial charge on any atom is -0.330 e. The third kappa shape index (κ3) is 6.32. The predicted molar refractivity (Wildman–Crippen MR) is 50.6 cm³/mol. The molecule has 2 atom stereocenters. The highest BCUT2D eigenvalue weighted by Crippen LogP contribution is 1.96. The summed E-state index contributed by atoms with van der Waals surface area (Å²) in [6, 6.07) is 0.647. The monoisotopic (exact) mass is 158 g/mol. The first-order valence-electron chi connectivity index (χ1n) is 4.64. The Hall–Kier alpha value is -0.0800. The Morgan fingerprint density at radius 2 is 2.00 bits per heavy atom. The smallest absolute Gasteiger partial charge is 0.00387 e. The van der Waals surface area contributed by atoms with E-state index in [2.05, 4.69) is 26.1 Å². The van der Waals surface area contributed by atoms with Crippen LogP contribution in [-0.4, -0.2) is 19.1 Å². The Morgan fingerprint density at radius 1 is 1.36 bits per heavy atom. The van der Waals surface area contributed by atoms with Crippen LogP contribution in [0, 0.1) is 5.92 Å². The van der Waals surface area contributed by atoms with Gasteiger partial charge in [0.25, 0.3) is 0 Å². The molecular weight excluding hydrogens is 136 g/mol. The molecule has 0 aromatic heterocycles. The Balaban J connectivity index is 3.22. The van der Waals surface area contributed by atoms with Crippen molar-refractivity contribution in [1.82, 2.24) is 5.32 Å². The fraction of sp³-hybridized carbons (Fsp3) is 1.00. The van der Waals surface area contributed by atoms with Gasteiger partial charge in [-0.25, -0.2) is 0 Å². The van der Waals surface area contributed by atoms with Crippen LogP contribution >= 0.6 is 0 Å². The SMILES string of the molecule is CCCC(C)NCC(C)CN. The molecule has 68 valence electrons. The summed E-state index contributed by atoms with van der Waals surface area (Å²) in [6.07, 6.45) is 2.52. The van der Waals surface area contributed by atoms with Crippen LogP contribution in [0.4, 0.5) is 0 Å². The van der Waals surface area contributed by atoms with E-state index in [9.17, 15) is 0 Å². The molecule has 0 aliphatic rings.